The fourth-order valence-electron chi connectivity index (χ4n) is 2.48. The molecule has 2 heterocycles. The Balaban J connectivity index is 1.76. The molecule has 146 valence electrons. The summed E-state index contributed by atoms with van der Waals surface area (Å²) in [4.78, 5) is 24.7. The van der Waals surface area contributed by atoms with Crippen molar-refractivity contribution in [3.8, 4) is 23.6 Å². The summed E-state index contributed by atoms with van der Waals surface area (Å²) in [7, 11) is 0. The van der Waals surface area contributed by atoms with Crippen LogP contribution < -0.4 is 20.5 Å². The number of pyridine rings is 1. The van der Waals surface area contributed by atoms with Crippen molar-refractivity contribution in [2.24, 2.45) is 0 Å². The molecule has 0 bridgehead atoms. The number of nitriles is 1. The first-order valence-electron chi connectivity index (χ1n) is 8.75. The molecule has 0 unspecified atom stereocenters. The van der Waals surface area contributed by atoms with Crippen LogP contribution in [0.3, 0.4) is 0 Å². The Kier molecular flexibility index (Phi) is 6.17. The Morgan fingerprint density at radius 3 is 2.86 bits per heavy atom. The van der Waals surface area contributed by atoms with E-state index in [1.807, 2.05) is 24.3 Å². The van der Waals surface area contributed by atoms with Gasteiger partial charge in [-0.15, -0.1) is 0 Å². The molecule has 1 amide bonds. The quantitative estimate of drug-likeness (QED) is 0.628. The Labute approximate surface area is 167 Å². The molecule has 0 aliphatic heterocycles. The van der Waals surface area contributed by atoms with Gasteiger partial charge in [0.15, 0.2) is 0 Å². The molecule has 1 aromatic carbocycles. The van der Waals surface area contributed by atoms with Gasteiger partial charge in [0, 0.05) is 24.5 Å². The third-order valence-electron chi connectivity index (χ3n) is 3.81. The van der Waals surface area contributed by atoms with Crippen LogP contribution in [-0.4, -0.2) is 27.5 Å². The van der Waals surface area contributed by atoms with Crippen molar-refractivity contribution in [3.63, 3.8) is 0 Å². The van der Waals surface area contributed by atoms with Crippen molar-refractivity contribution in [1.29, 1.82) is 5.26 Å². The first-order chi connectivity index (χ1) is 14.1. The van der Waals surface area contributed by atoms with Crippen LogP contribution in [0.15, 0.2) is 48.9 Å². The number of ether oxygens (including phenoxy) is 2. The number of nitrogen functional groups attached to an aromatic ring is 1. The molecular weight excluding hydrogens is 372 g/mol. The van der Waals surface area contributed by atoms with Crippen molar-refractivity contribution in [2.45, 2.75) is 13.5 Å². The normalized spacial score (nSPS) is 10.1. The van der Waals surface area contributed by atoms with Crippen molar-refractivity contribution in [1.82, 2.24) is 20.3 Å². The number of carbonyl (C=O) groups excluding carboxylic acids is 1. The molecule has 3 aromatic rings. The number of carbonyl (C=O) groups is 1. The van der Waals surface area contributed by atoms with Gasteiger partial charge in [0.05, 0.1) is 18.5 Å². The molecule has 3 N–H and O–H groups in total. The van der Waals surface area contributed by atoms with Crippen LogP contribution in [0.4, 0.5) is 5.69 Å². The van der Waals surface area contributed by atoms with E-state index in [9.17, 15) is 10.1 Å². The van der Waals surface area contributed by atoms with Gasteiger partial charge < -0.3 is 20.5 Å². The molecule has 29 heavy (non-hydrogen) atoms. The number of amides is 1. The summed E-state index contributed by atoms with van der Waals surface area (Å²) in [6, 6.07) is 10.5. The summed E-state index contributed by atoms with van der Waals surface area (Å²) >= 11 is 0. The molecule has 3 rings (SSSR count). The van der Waals surface area contributed by atoms with Crippen molar-refractivity contribution >= 4 is 11.6 Å². The van der Waals surface area contributed by atoms with Crippen molar-refractivity contribution in [2.75, 3.05) is 12.3 Å². The van der Waals surface area contributed by atoms with Crippen LogP contribution in [0, 0.1) is 11.3 Å². The van der Waals surface area contributed by atoms with Gasteiger partial charge in [0.2, 0.25) is 11.8 Å². The zero-order valence-electron chi connectivity index (χ0n) is 15.6. The lowest BCUT2D eigenvalue weighted by Gasteiger charge is -2.12. The number of nitrogens with zero attached hydrogens (tertiary/aromatic N) is 4. The first kappa shape index (κ1) is 19.6. The fraction of sp³-hybridized carbons (Fsp3) is 0.150. The number of para-hydroxylation sites is 1. The summed E-state index contributed by atoms with van der Waals surface area (Å²) in [5.41, 5.74) is 6.88. The summed E-state index contributed by atoms with van der Waals surface area (Å²) in [6.45, 7) is 2.22. The highest BCUT2D eigenvalue weighted by molar-refractivity contribution is 5.93. The molecule has 0 radical (unpaired) electrons. The smallest absolute Gasteiger partial charge is 0.270 e. The molecular formula is C20H18N6O3. The topological polar surface area (TPSA) is 136 Å². The van der Waals surface area contributed by atoms with E-state index in [-0.39, 0.29) is 29.4 Å². The van der Waals surface area contributed by atoms with E-state index < -0.39 is 5.91 Å². The maximum Gasteiger partial charge on any atom is 0.270 e. The second kappa shape index (κ2) is 9.14. The van der Waals surface area contributed by atoms with Gasteiger partial charge in [-0.3, -0.25) is 9.78 Å². The van der Waals surface area contributed by atoms with E-state index in [1.54, 1.807) is 19.2 Å². The second-order valence-electron chi connectivity index (χ2n) is 5.76. The molecule has 0 spiro atoms. The minimum atomic E-state index is -0.462. The van der Waals surface area contributed by atoms with Gasteiger partial charge in [-0.2, -0.15) is 5.26 Å². The minimum absolute atomic E-state index is 0.0338. The lowest BCUT2D eigenvalue weighted by molar-refractivity contribution is 0.0944. The van der Waals surface area contributed by atoms with Crippen LogP contribution in [0.25, 0.3) is 0 Å². The van der Waals surface area contributed by atoms with E-state index in [4.69, 9.17) is 15.2 Å². The largest absolute Gasteiger partial charge is 0.477 e. The van der Waals surface area contributed by atoms with Crippen LogP contribution in [0.5, 0.6) is 17.5 Å². The Bertz CT molecular complexity index is 1050. The number of anilines is 1. The average Bonchev–Trinajstić information content (AvgIpc) is 2.73. The van der Waals surface area contributed by atoms with E-state index in [2.05, 4.69) is 20.3 Å². The van der Waals surface area contributed by atoms with Gasteiger partial charge >= 0.3 is 0 Å². The first-order valence-corrected chi connectivity index (χ1v) is 8.75. The number of hydrogen-bond acceptors (Lipinski definition) is 8. The standard InChI is InChI=1S/C20H18N6O3/c1-2-28-20-14(10-21)15(22)9-16(26-20)19(27)25-11-13-5-3-4-6-17(13)29-18-12-23-7-8-24-18/h3-9,12H,2,11H2,1H3,(H2,22,26)(H,25,27). The molecule has 0 aliphatic rings. The number of aromatic nitrogens is 3. The predicted molar refractivity (Wildman–Crippen MR) is 104 cm³/mol. The van der Waals surface area contributed by atoms with Gasteiger partial charge in [-0.25, -0.2) is 9.97 Å². The minimum Gasteiger partial charge on any atom is -0.477 e. The lowest BCUT2D eigenvalue weighted by atomic mass is 10.2. The Morgan fingerprint density at radius 1 is 1.31 bits per heavy atom. The molecule has 0 fully saturated rings. The molecule has 0 saturated carbocycles. The average molecular weight is 390 g/mol. The summed E-state index contributed by atoms with van der Waals surface area (Å²) in [5.74, 6) is 0.452. The van der Waals surface area contributed by atoms with Gasteiger partial charge in [0.25, 0.3) is 5.91 Å². The van der Waals surface area contributed by atoms with Gasteiger partial charge in [-0.1, -0.05) is 18.2 Å². The predicted octanol–water partition coefficient (Wildman–Crippen LogP) is 2.45. The van der Waals surface area contributed by atoms with Crippen molar-refractivity contribution in [3.05, 3.63) is 65.7 Å². The number of nitrogens with two attached hydrogens (primary N) is 1. The number of rotatable bonds is 7. The van der Waals surface area contributed by atoms with Gasteiger partial charge in [0.1, 0.15) is 23.1 Å². The highest BCUT2D eigenvalue weighted by atomic mass is 16.5. The highest BCUT2D eigenvalue weighted by Crippen LogP contribution is 2.24. The number of hydrogen-bond donors (Lipinski definition) is 2. The SMILES string of the molecule is CCOc1nc(C(=O)NCc2ccccc2Oc2cnccn2)cc(N)c1C#N. The monoisotopic (exact) mass is 390 g/mol. The lowest BCUT2D eigenvalue weighted by Crippen LogP contribution is -2.24. The Hall–Kier alpha value is -4.19. The molecule has 0 atom stereocenters. The van der Waals surface area contributed by atoms with Crippen LogP contribution in [0.1, 0.15) is 28.5 Å². The third-order valence-corrected chi connectivity index (χ3v) is 3.81. The summed E-state index contributed by atoms with van der Waals surface area (Å²) in [5, 5.41) is 11.9. The van der Waals surface area contributed by atoms with Crippen molar-refractivity contribution < 1.29 is 14.3 Å². The zero-order valence-corrected chi connectivity index (χ0v) is 15.6. The highest BCUT2D eigenvalue weighted by Gasteiger charge is 2.16. The Morgan fingerprint density at radius 2 is 2.14 bits per heavy atom. The van der Waals surface area contributed by atoms with E-state index in [0.717, 1.165) is 5.56 Å². The summed E-state index contributed by atoms with van der Waals surface area (Å²) < 4.78 is 11.1. The fourth-order valence-corrected chi connectivity index (χ4v) is 2.48. The maximum atomic E-state index is 12.6. The zero-order chi connectivity index (χ0) is 20.6. The molecule has 0 saturated heterocycles. The maximum absolute atomic E-state index is 12.6. The number of nitrogens with one attached hydrogen (secondary N) is 1. The third kappa shape index (κ3) is 4.75. The molecule has 0 aliphatic carbocycles. The summed E-state index contributed by atoms with van der Waals surface area (Å²) in [6.07, 6.45) is 4.57. The van der Waals surface area contributed by atoms with E-state index in [1.165, 1.54) is 18.5 Å². The van der Waals surface area contributed by atoms with Gasteiger partial charge in [-0.05, 0) is 19.1 Å². The van der Waals surface area contributed by atoms with E-state index >= 15 is 0 Å². The van der Waals surface area contributed by atoms with E-state index in [0.29, 0.717) is 18.2 Å². The van der Waals surface area contributed by atoms with Crippen LogP contribution in [0.2, 0.25) is 0 Å². The second-order valence-corrected chi connectivity index (χ2v) is 5.76. The molecule has 9 heteroatoms. The molecule has 2 aromatic heterocycles. The van der Waals surface area contributed by atoms with Crippen LogP contribution >= 0.6 is 0 Å². The van der Waals surface area contributed by atoms with Crippen LogP contribution in [-0.2, 0) is 6.54 Å². The number of benzene rings is 1. The molecule has 9 nitrogen and oxygen atoms in total.